The van der Waals surface area contributed by atoms with Crippen molar-refractivity contribution in [2.45, 2.75) is 12.5 Å². The minimum atomic E-state index is -0.248. The first kappa shape index (κ1) is 13.0. The Bertz CT molecular complexity index is 531. The molecule has 2 aromatic carbocycles. The van der Waals surface area contributed by atoms with E-state index in [1.807, 2.05) is 30.3 Å². The minimum absolute atomic E-state index is 0.138. The lowest BCUT2D eigenvalue weighted by Gasteiger charge is -2.17. The Hall–Kier alpha value is -1.42. The maximum Gasteiger partial charge on any atom is 0.123 e. The van der Waals surface area contributed by atoms with Crippen LogP contribution in [0.5, 0.6) is 0 Å². The average molecular weight is 265 g/mol. The summed E-state index contributed by atoms with van der Waals surface area (Å²) in [5.74, 6) is 5.31. The zero-order valence-electron chi connectivity index (χ0n) is 9.74. The Morgan fingerprint density at radius 3 is 2.61 bits per heavy atom. The maximum atomic E-state index is 13.1. The molecule has 0 fully saturated rings. The molecule has 18 heavy (non-hydrogen) atoms. The van der Waals surface area contributed by atoms with Gasteiger partial charge in [0, 0.05) is 5.02 Å². The van der Waals surface area contributed by atoms with Gasteiger partial charge < -0.3 is 0 Å². The van der Waals surface area contributed by atoms with Crippen molar-refractivity contribution in [3.05, 3.63) is 70.5 Å². The van der Waals surface area contributed by atoms with Crippen LogP contribution < -0.4 is 11.3 Å². The quantitative estimate of drug-likeness (QED) is 0.657. The summed E-state index contributed by atoms with van der Waals surface area (Å²) in [6.07, 6.45) is 0.581. The third-order valence-electron chi connectivity index (χ3n) is 2.81. The molecule has 1 atom stereocenters. The summed E-state index contributed by atoms with van der Waals surface area (Å²) in [5, 5.41) is 0.650. The zero-order valence-corrected chi connectivity index (χ0v) is 10.5. The number of halogens is 2. The normalized spacial score (nSPS) is 12.4. The third kappa shape index (κ3) is 3.07. The summed E-state index contributed by atoms with van der Waals surface area (Å²) < 4.78 is 13.1. The molecule has 0 saturated carbocycles. The van der Waals surface area contributed by atoms with E-state index in [1.54, 1.807) is 6.07 Å². The summed E-state index contributed by atoms with van der Waals surface area (Å²) in [7, 11) is 0. The minimum Gasteiger partial charge on any atom is -0.271 e. The number of rotatable bonds is 4. The molecule has 0 aliphatic carbocycles. The van der Waals surface area contributed by atoms with E-state index in [-0.39, 0.29) is 11.9 Å². The molecule has 0 aliphatic rings. The van der Waals surface area contributed by atoms with Gasteiger partial charge in [-0.05, 0) is 35.7 Å². The van der Waals surface area contributed by atoms with Gasteiger partial charge in [-0.1, -0.05) is 41.9 Å². The molecule has 2 aromatic rings. The van der Waals surface area contributed by atoms with Gasteiger partial charge in [0.25, 0.3) is 0 Å². The monoisotopic (exact) mass is 264 g/mol. The van der Waals surface area contributed by atoms with Crippen LogP contribution in [0.2, 0.25) is 5.02 Å². The number of hydrazine groups is 1. The fourth-order valence-electron chi connectivity index (χ4n) is 1.92. The van der Waals surface area contributed by atoms with Gasteiger partial charge in [0.1, 0.15) is 5.82 Å². The SMILES string of the molecule is NNC(Cc1cccc(F)c1)c1ccccc1Cl. The van der Waals surface area contributed by atoms with Crippen LogP contribution in [0.3, 0.4) is 0 Å². The first-order valence-electron chi connectivity index (χ1n) is 5.65. The van der Waals surface area contributed by atoms with Crippen LogP contribution in [0.25, 0.3) is 0 Å². The van der Waals surface area contributed by atoms with Gasteiger partial charge in [0.15, 0.2) is 0 Å². The van der Waals surface area contributed by atoms with Gasteiger partial charge in [0.05, 0.1) is 6.04 Å². The second-order valence-corrected chi connectivity index (χ2v) is 4.48. The third-order valence-corrected chi connectivity index (χ3v) is 3.15. The first-order valence-corrected chi connectivity index (χ1v) is 6.03. The molecule has 0 heterocycles. The summed E-state index contributed by atoms with van der Waals surface area (Å²) in [5.41, 5.74) is 4.50. The predicted molar refractivity (Wildman–Crippen MR) is 71.6 cm³/mol. The van der Waals surface area contributed by atoms with E-state index < -0.39 is 0 Å². The second kappa shape index (κ2) is 5.96. The molecule has 0 radical (unpaired) electrons. The Kier molecular flexibility index (Phi) is 4.31. The number of nitrogens with one attached hydrogen (secondary N) is 1. The van der Waals surface area contributed by atoms with Crippen molar-refractivity contribution >= 4 is 11.6 Å². The van der Waals surface area contributed by atoms with Crippen LogP contribution in [0, 0.1) is 5.82 Å². The largest absolute Gasteiger partial charge is 0.271 e. The van der Waals surface area contributed by atoms with Crippen LogP contribution in [0.1, 0.15) is 17.2 Å². The molecule has 0 aromatic heterocycles. The number of benzene rings is 2. The number of nitrogens with two attached hydrogens (primary N) is 1. The zero-order chi connectivity index (χ0) is 13.0. The summed E-state index contributed by atoms with van der Waals surface area (Å²) in [6, 6.07) is 13.8. The molecule has 94 valence electrons. The molecule has 3 N–H and O–H groups in total. The number of hydrogen-bond donors (Lipinski definition) is 2. The van der Waals surface area contributed by atoms with Crippen molar-refractivity contribution < 1.29 is 4.39 Å². The lowest BCUT2D eigenvalue weighted by atomic mass is 9.99. The summed E-state index contributed by atoms with van der Waals surface area (Å²) in [6.45, 7) is 0. The molecule has 0 amide bonds. The Morgan fingerprint density at radius 2 is 1.94 bits per heavy atom. The van der Waals surface area contributed by atoms with Gasteiger partial charge >= 0.3 is 0 Å². The lowest BCUT2D eigenvalue weighted by molar-refractivity contribution is 0.549. The molecule has 0 spiro atoms. The highest BCUT2D eigenvalue weighted by Crippen LogP contribution is 2.25. The molecule has 0 aliphatic heterocycles. The van der Waals surface area contributed by atoms with Crippen molar-refractivity contribution in [2.75, 3.05) is 0 Å². The van der Waals surface area contributed by atoms with Crippen molar-refractivity contribution in [2.24, 2.45) is 5.84 Å². The van der Waals surface area contributed by atoms with E-state index in [1.165, 1.54) is 12.1 Å². The van der Waals surface area contributed by atoms with E-state index in [0.29, 0.717) is 11.4 Å². The van der Waals surface area contributed by atoms with E-state index >= 15 is 0 Å². The molecular formula is C14H14ClFN2. The van der Waals surface area contributed by atoms with Crippen LogP contribution in [-0.2, 0) is 6.42 Å². The maximum absolute atomic E-state index is 13.1. The van der Waals surface area contributed by atoms with Crippen LogP contribution in [0.15, 0.2) is 48.5 Å². The highest BCUT2D eigenvalue weighted by molar-refractivity contribution is 6.31. The van der Waals surface area contributed by atoms with Gasteiger partial charge in [-0.15, -0.1) is 0 Å². The summed E-state index contributed by atoms with van der Waals surface area (Å²) >= 11 is 6.13. The summed E-state index contributed by atoms with van der Waals surface area (Å²) in [4.78, 5) is 0. The van der Waals surface area contributed by atoms with Crippen molar-refractivity contribution in [3.63, 3.8) is 0 Å². The molecule has 1 unspecified atom stereocenters. The Balaban J connectivity index is 2.23. The predicted octanol–water partition coefficient (Wildman–Crippen LogP) is 3.23. The lowest BCUT2D eigenvalue weighted by Crippen LogP contribution is -2.29. The van der Waals surface area contributed by atoms with Crippen molar-refractivity contribution in [1.29, 1.82) is 0 Å². The molecule has 0 saturated heterocycles. The highest BCUT2D eigenvalue weighted by Gasteiger charge is 2.13. The fraction of sp³-hybridized carbons (Fsp3) is 0.143. The van der Waals surface area contributed by atoms with Gasteiger partial charge in [-0.3, -0.25) is 11.3 Å². The molecule has 2 rings (SSSR count). The fourth-order valence-corrected chi connectivity index (χ4v) is 2.18. The molecule has 4 heteroatoms. The average Bonchev–Trinajstić information content (AvgIpc) is 2.37. The van der Waals surface area contributed by atoms with Crippen LogP contribution >= 0.6 is 11.6 Å². The van der Waals surface area contributed by atoms with Crippen molar-refractivity contribution in [1.82, 2.24) is 5.43 Å². The van der Waals surface area contributed by atoms with E-state index in [2.05, 4.69) is 5.43 Å². The van der Waals surface area contributed by atoms with Gasteiger partial charge in [-0.25, -0.2) is 4.39 Å². The highest BCUT2D eigenvalue weighted by atomic mass is 35.5. The van der Waals surface area contributed by atoms with Crippen LogP contribution in [0.4, 0.5) is 4.39 Å². The molecular weight excluding hydrogens is 251 g/mol. The standard InChI is InChI=1S/C14H14ClFN2/c15-13-7-2-1-6-12(13)14(18-17)9-10-4-3-5-11(16)8-10/h1-8,14,18H,9,17H2. The van der Waals surface area contributed by atoms with E-state index in [0.717, 1.165) is 11.1 Å². The second-order valence-electron chi connectivity index (χ2n) is 4.07. The van der Waals surface area contributed by atoms with Crippen LogP contribution in [-0.4, -0.2) is 0 Å². The van der Waals surface area contributed by atoms with Crippen molar-refractivity contribution in [3.8, 4) is 0 Å². The number of hydrogen-bond acceptors (Lipinski definition) is 2. The molecule has 0 bridgehead atoms. The Morgan fingerprint density at radius 1 is 1.17 bits per heavy atom. The van der Waals surface area contributed by atoms with E-state index in [4.69, 9.17) is 17.4 Å². The topological polar surface area (TPSA) is 38.0 Å². The Labute approximate surface area is 111 Å². The van der Waals surface area contributed by atoms with E-state index in [9.17, 15) is 4.39 Å². The molecule has 2 nitrogen and oxygen atoms in total. The first-order chi connectivity index (χ1) is 8.70. The van der Waals surface area contributed by atoms with Gasteiger partial charge in [0.2, 0.25) is 0 Å². The smallest absolute Gasteiger partial charge is 0.123 e. The van der Waals surface area contributed by atoms with Gasteiger partial charge in [-0.2, -0.15) is 0 Å².